The van der Waals surface area contributed by atoms with E-state index in [0.29, 0.717) is 13.1 Å². The molecular formula is C16H27F3N2O2. The van der Waals surface area contributed by atoms with Gasteiger partial charge in [-0.15, -0.1) is 0 Å². The van der Waals surface area contributed by atoms with Gasteiger partial charge in [0.15, 0.2) is 6.10 Å². The molecule has 3 atom stereocenters. The van der Waals surface area contributed by atoms with Gasteiger partial charge in [-0.2, -0.15) is 13.2 Å². The highest BCUT2D eigenvalue weighted by Gasteiger charge is 2.44. The van der Waals surface area contributed by atoms with E-state index in [-0.39, 0.29) is 37.4 Å². The summed E-state index contributed by atoms with van der Waals surface area (Å²) in [5.74, 6) is -0.686. The number of hydrogen-bond acceptors (Lipinski definition) is 3. The summed E-state index contributed by atoms with van der Waals surface area (Å²) in [6, 6.07) is 0.465. The van der Waals surface area contributed by atoms with Crippen LogP contribution in [0.25, 0.3) is 0 Å². The van der Waals surface area contributed by atoms with Gasteiger partial charge in [0.25, 0.3) is 0 Å². The van der Waals surface area contributed by atoms with E-state index < -0.39 is 18.2 Å². The molecule has 0 aromatic heterocycles. The number of piperidine rings is 2. The van der Waals surface area contributed by atoms with Crippen LogP contribution in [0.5, 0.6) is 0 Å². The second kappa shape index (κ2) is 7.38. The van der Waals surface area contributed by atoms with E-state index in [1.54, 1.807) is 0 Å². The standard InChI is InChI=1S/C16H27F3N2O2/c1-11-4-3-5-12(2)21(11)14(22)10-20-8-6-13(7-9-20)15(23)16(17,18)19/h11-13,15,23H,3-10H2,1-2H3. The van der Waals surface area contributed by atoms with Gasteiger partial charge in [0.1, 0.15) is 0 Å². The molecule has 23 heavy (non-hydrogen) atoms. The van der Waals surface area contributed by atoms with Crippen molar-refractivity contribution in [3.05, 3.63) is 0 Å². The third-order valence-electron chi connectivity index (χ3n) is 5.25. The van der Waals surface area contributed by atoms with Crippen LogP contribution in [0.1, 0.15) is 46.0 Å². The smallest absolute Gasteiger partial charge is 0.383 e. The van der Waals surface area contributed by atoms with Crippen molar-refractivity contribution in [2.24, 2.45) is 5.92 Å². The lowest BCUT2D eigenvalue weighted by Gasteiger charge is -2.41. The third kappa shape index (κ3) is 4.59. The maximum atomic E-state index is 12.5. The van der Waals surface area contributed by atoms with Crippen LogP contribution >= 0.6 is 0 Å². The third-order valence-corrected chi connectivity index (χ3v) is 5.25. The molecule has 3 unspecified atom stereocenters. The summed E-state index contributed by atoms with van der Waals surface area (Å²) in [5.41, 5.74) is 0. The van der Waals surface area contributed by atoms with E-state index in [4.69, 9.17) is 0 Å². The molecule has 2 saturated heterocycles. The Kier molecular flexibility index (Phi) is 5.94. The van der Waals surface area contributed by atoms with Crippen LogP contribution in [0.3, 0.4) is 0 Å². The summed E-state index contributed by atoms with van der Waals surface area (Å²) >= 11 is 0. The molecule has 0 aliphatic carbocycles. The number of carbonyl (C=O) groups excluding carboxylic acids is 1. The number of alkyl halides is 3. The van der Waals surface area contributed by atoms with E-state index in [2.05, 4.69) is 13.8 Å². The van der Waals surface area contributed by atoms with E-state index in [1.165, 1.54) is 0 Å². The molecule has 1 amide bonds. The lowest BCUT2D eigenvalue weighted by molar-refractivity contribution is -0.223. The average Bonchev–Trinajstić information content (AvgIpc) is 2.46. The van der Waals surface area contributed by atoms with E-state index >= 15 is 0 Å². The monoisotopic (exact) mass is 336 g/mol. The number of halogens is 3. The maximum Gasteiger partial charge on any atom is 0.414 e. The predicted octanol–water partition coefficient (Wildman–Crippen LogP) is 2.41. The first-order chi connectivity index (χ1) is 10.7. The molecule has 0 radical (unpaired) electrons. The number of hydrogen-bond donors (Lipinski definition) is 1. The van der Waals surface area contributed by atoms with Gasteiger partial charge in [-0.1, -0.05) is 0 Å². The summed E-state index contributed by atoms with van der Waals surface area (Å²) in [4.78, 5) is 16.4. The number of rotatable bonds is 3. The van der Waals surface area contributed by atoms with Gasteiger partial charge in [-0.25, -0.2) is 0 Å². The average molecular weight is 336 g/mol. The van der Waals surface area contributed by atoms with E-state index in [0.717, 1.165) is 19.3 Å². The Morgan fingerprint density at radius 1 is 1.13 bits per heavy atom. The van der Waals surface area contributed by atoms with Crippen molar-refractivity contribution in [3.63, 3.8) is 0 Å². The van der Waals surface area contributed by atoms with Crippen LogP contribution in [-0.4, -0.2) is 64.8 Å². The molecule has 2 aliphatic rings. The summed E-state index contributed by atoms with van der Waals surface area (Å²) in [7, 11) is 0. The highest BCUT2D eigenvalue weighted by molar-refractivity contribution is 5.79. The SMILES string of the molecule is CC1CCCC(C)N1C(=O)CN1CCC(C(O)C(F)(F)F)CC1. The van der Waals surface area contributed by atoms with Crippen LogP contribution in [-0.2, 0) is 4.79 Å². The Bertz CT molecular complexity index is 399. The van der Waals surface area contributed by atoms with Crippen molar-refractivity contribution in [1.29, 1.82) is 0 Å². The molecule has 0 aromatic rings. The first kappa shape index (κ1) is 18.5. The number of likely N-dealkylation sites (tertiary alicyclic amines) is 2. The van der Waals surface area contributed by atoms with Crippen molar-refractivity contribution in [1.82, 2.24) is 9.80 Å². The minimum absolute atomic E-state index is 0.0690. The van der Waals surface area contributed by atoms with Gasteiger partial charge in [0, 0.05) is 12.1 Å². The summed E-state index contributed by atoms with van der Waals surface area (Å²) < 4.78 is 37.6. The fourth-order valence-corrected chi connectivity index (χ4v) is 3.88. The minimum atomic E-state index is -4.55. The van der Waals surface area contributed by atoms with Crippen molar-refractivity contribution >= 4 is 5.91 Å². The molecule has 1 N–H and O–H groups in total. The lowest BCUT2D eigenvalue weighted by Crippen LogP contribution is -2.52. The van der Waals surface area contributed by atoms with Crippen LogP contribution in [0.2, 0.25) is 0 Å². The lowest BCUT2D eigenvalue weighted by atomic mass is 9.91. The zero-order chi connectivity index (χ0) is 17.2. The van der Waals surface area contributed by atoms with Crippen LogP contribution in [0.4, 0.5) is 13.2 Å². The molecule has 2 fully saturated rings. The van der Waals surface area contributed by atoms with Gasteiger partial charge in [0.2, 0.25) is 5.91 Å². The second-order valence-electron chi connectivity index (χ2n) is 7.03. The normalized spacial score (nSPS) is 29.6. The van der Waals surface area contributed by atoms with E-state index in [9.17, 15) is 23.1 Å². The van der Waals surface area contributed by atoms with Gasteiger partial charge in [-0.3, -0.25) is 9.69 Å². The fraction of sp³-hybridized carbons (Fsp3) is 0.938. The molecule has 2 rings (SSSR count). The largest absolute Gasteiger partial charge is 0.414 e. The summed E-state index contributed by atoms with van der Waals surface area (Å²) in [6.45, 7) is 5.24. The van der Waals surface area contributed by atoms with Gasteiger partial charge in [-0.05, 0) is 65.0 Å². The molecule has 4 nitrogen and oxygen atoms in total. The predicted molar refractivity (Wildman–Crippen MR) is 80.8 cm³/mol. The second-order valence-corrected chi connectivity index (χ2v) is 7.03. The maximum absolute atomic E-state index is 12.5. The Labute approximate surface area is 135 Å². The Morgan fingerprint density at radius 3 is 2.13 bits per heavy atom. The van der Waals surface area contributed by atoms with Crippen LogP contribution in [0.15, 0.2) is 0 Å². The summed E-state index contributed by atoms with van der Waals surface area (Å²) in [6.07, 6.45) is -3.10. The van der Waals surface area contributed by atoms with Gasteiger partial charge in [0.05, 0.1) is 6.54 Å². The zero-order valence-corrected chi connectivity index (χ0v) is 13.9. The first-order valence-electron chi connectivity index (χ1n) is 8.48. The van der Waals surface area contributed by atoms with Gasteiger partial charge >= 0.3 is 6.18 Å². The van der Waals surface area contributed by atoms with Gasteiger partial charge < -0.3 is 10.0 Å². The Morgan fingerprint density at radius 2 is 1.65 bits per heavy atom. The quantitative estimate of drug-likeness (QED) is 0.861. The number of aliphatic hydroxyl groups is 1. The molecule has 7 heteroatoms. The Hall–Kier alpha value is -0.820. The molecule has 134 valence electrons. The first-order valence-corrected chi connectivity index (χ1v) is 8.48. The topological polar surface area (TPSA) is 43.8 Å². The van der Waals surface area contributed by atoms with Crippen LogP contribution < -0.4 is 0 Å². The minimum Gasteiger partial charge on any atom is -0.383 e. The van der Waals surface area contributed by atoms with Crippen molar-refractivity contribution in [2.45, 2.75) is 70.3 Å². The van der Waals surface area contributed by atoms with Crippen LogP contribution in [0, 0.1) is 5.92 Å². The molecule has 2 heterocycles. The number of carbonyl (C=O) groups is 1. The number of nitrogens with zero attached hydrogens (tertiary/aromatic N) is 2. The molecule has 0 aromatic carbocycles. The number of amides is 1. The van der Waals surface area contributed by atoms with Crippen molar-refractivity contribution in [2.75, 3.05) is 19.6 Å². The molecule has 2 aliphatic heterocycles. The molecule has 0 spiro atoms. The highest BCUT2D eigenvalue weighted by atomic mass is 19.4. The zero-order valence-electron chi connectivity index (χ0n) is 13.9. The molecule has 0 bridgehead atoms. The Balaban J connectivity index is 1.83. The highest BCUT2D eigenvalue weighted by Crippen LogP contribution is 2.31. The number of aliphatic hydroxyl groups excluding tert-OH is 1. The summed E-state index contributed by atoms with van der Waals surface area (Å²) in [5, 5.41) is 9.33. The van der Waals surface area contributed by atoms with E-state index in [1.807, 2.05) is 9.80 Å². The fourth-order valence-electron chi connectivity index (χ4n) is 3.88. The molecule has 0 saturated carbocycles. The van der Waals surface area contributed by atoms with Crippen molar-refractivity contribution < 1.29 is 23.1 Å². The van der Waals surface area contributed by atoms with Crippen molar-refractivity contribution in [3.8, 4) is 0 Å². The molecular weight excluding hydrogens is 309 g/mol.